The Bertz CT molecular complexity index is 812. The average Bonchev–Trinajstić information content (AvgIpc) is 2.73. The van der Waals surface area contributed by atoms with Crippen LogP contribution in [0.3, 0.4) is 0 Å². The fourth-order valence-corrected chi connectivity index (χ4v) is 3.34. The van der Waals surface area contributed by atoms with Gasteiger partial charge in [0.05, 0.1) is 13.2 Å². The minimum absolute atomic E-state index is 0.130. The molecule has 1 saturated heterocycles. The van der Waals surface area contributed by atoms with Crippen LogP contribution in [0, 0.1) is 0 Å². The Morgan fingerprint density at radius 1 is 1.21 bits per heavy atom. The number of amides is 2. The summed E-state index contributed by atoms with van der Waals surface area (Å²) in [5.41, 5.74) is 2.50. The Hall–Kier alpha value is -2.77. The Morgan fingerprint density at radius 2 is 2.00 bits per heavy atom. The predicted octanol–water partition coefficient (Wildman–Crippen LogP) is 1.91. The molecule has 0 radical (unpaired) electrons. The van der Waals surface area contributed by atoms with Gasteiger partial charge in [-0.05, 0) is 49.2 Å². The summed E-state index contributed by atoms with van der Waals surface area (Å²) < 4.78 is 5.44. The molecule has 2 N–H and O–H groups in total. The first-order valence-corrected chi connectivity index (χ1v) is 9.47. The summed E-state index contributed by atoms with van der Waals surface area (Å²) >= 11 is 0. The molecule has 28 heavy (non-hydrogen) atoms. The monoisotopic (exact) mass is 382 g/mol. The van der Waals surface area contributed by atoms with E-state index in [-0.39, 0.29) is 6.04 Å². The van der Waals surface area contributed by atoms with Crippen LogP contribution in [0.4, 0.5) is 5.69 Å². The van der Waals surface area contributed by atoms with Crippen molar-refractivity contribution in [3.05, 3.63) is 48.8 Å². The van der Waals surface area contributed by atoms with Gasteiger partial charge in [-0.1, -0.05) is 12.1 Å². The van der Waals surface area contributed by atoms with Crippen LogP contribution in [0.25, 0.3) is 11.1 Å². The van der Waals surface area contributed by atoms with Crippen molar-refractivity contribution in [3.63, 3.8) is 0 Å². The summed E-state index contributed by atoms with van der Waals surface area (Å²) in [5.74, 6) is -1.31. The van der Waals surface area contributed by atoms with Crippen molar-refractivity contribution in [2.24, 2.45) is 0 Å². The van der Waals surface area contributed by atoms with Gasteiger partial charge in [0.15, 0.2) is 0 Å². The molecule has 1 fully saturated rings. The SMILES string of the molecule is CC(CNC(=O)C(=O)Nc1cccc(-c2ccncc2)c1)N1CCOCC1C. The Kier molecular flexibility index (Phi) is 6.73. The standard InChI is InChI=1S/C21H26N4O3/c1-15(25-10-11-28-14-16(25)2)13-23-20(26)21(27)24-19-5-3-4-18(12-19)17-6-8-22-9-7-17/h3-9,12,15-16H,10-11,13-14H2,1-2H3,(H,23,26)(H,24,27). The number of nitrogens with one attached hydrogen (secondary N) is 2. The molecule has 0 aliphatic carbocycles. The lowest BCUT2D eigenvalue weighted by Gasteiger charge is -2.37. The van der Waals surface area contributed by atoms with Gasteiger partial charge in [0.25, 0.3) is 0 Å². The fourth-order valence-electron chi connectivity index (χ4n) is 3.34. The number of anilines is 1. The van der Waals surface area contributed by atoms with Crippen molar-refractivity contribution in [3.8, 4) is 11.1 Å². The summed E-state index contributed by atoms with van der Waals surface area (Å²) in [4.78, 5) is 30.7. The molecule has 7 nitrogen and oxygen atoms in total. The number of hydrogen-bond acceptors (Lipinski definition) is 5. The van der Waals surface area contributed by atoms with Gasteiger partial charge >= 0.3 is 11.8 Å². The maximum Gasteiger partial charge on any atom is 0.313 e. The number of carbonyl (C=O) groups is 2. The molecule has 0 bridgehead atoms. The molecule has 0 saturated carbocycles. The van der Waals surface area contributed by atoms with Crippen molar-refractivity contribution in [2.75, 3.05) is 31.6 Å². The van der Waals surface area contributed by atoms with E-state index in [4.69, 9.17) is 4.74 Å². The van der Waals surface area contributed by atoms with E-state index in [2.05, 4.69) is 27.4 Å². The first kappa shape index (κ1) is 20.0. The quantitative estimate of drug-likeness (QED) is 0.772. The van der Waals surface area contributed by atoms with Crippen LogP contribution in [0.1, 0.15) is 13.8 Å². The maximum absolute atomic E-state index is 12.2. The van der Waals surface area contributed by atoms with Crippen LogP contribution in [0.2, 0.25) is 0 Å². The van der Waals surface area contributed by atoms with E-state index in [1.807, 2.05) is 37.3 Å². The molecule has 1 aliphatic heterocycles. The predicted molar refractivity (Wildman–Crippen MR) is 108 cm³/mol. The van der Waals surface area contributed by atoms with E-state index in [0.29, 0.717) is 31.5 Å². The van der Waals surface area contributed by atoms with Crippen LogP contribution in [-0.2, 0) is 14.3 Å². The first-order valence-electron chi connectivity index (χ1n) is 9.47. The summed E-state index contributed by atoms with van der Waals surface area (Å²) in [5, 5.41) is 5.39. The number of nitrogens with zero attached hydrogens (tertiary/aromatic N) is 2. The van der Waals surface area contributed by atoms with E-state index >= 15 is 0 Å². The second kappa shape index (κ2) is 9.43. The van der Waals surface area contributed by atoms with E-state index in [0.717, 1.165) is 17.7 Å². The average molecular weight is 382 g/mol. The van der Waals surface area contributed by atoms with Crippen molar-refractivity contribution in [1.29, 1.82) is 0 Å². The second-order valence-corrected chi connectivity index (χ2v) is 6.99. The summed E-state index contributed by atoms with van der Waals surface area (Å²) in [6.07, 6.45) is 3.43. The topological polar surface area (TPSA) is 83.6 Å². The van der Waals surface area contributed by atoms with Gasteiger partial charge in [-0.15, -0.1) is 0 Å². The van der Waals surface area contributed by atoms with Gasteiger partial charge in [-0.25, -0.2) is 0 Å². The van der Waals surface area contributed by atoms with Crippen molar-refractivity contribution < 1.29 is 14.3 Å². The molecule has 3 rings (SSSR count). The number of ether oxygens (including phenoxy) is 1. The number of aromatic nitrogens is 1. The third-order valence-corrected chi connectivity index (χ3v) is 4.88. The molecule has 148 valence electrons. The van der Waals surface area contributed by atoms with E-state index in [9.17, 15) is 9.59 Å². The molecular weight excluding hydrogens is 356 g/mol. The van der Waals surface area contributed by atoms with Crippen molar-refractivity contribution >= 4 is 17.5 Å². The normalized spacial score (nSPS) is 18.3. The number of pyridine rings is 1. The number of rotatable bonds is 5. The summed E-state index contributed by atoms with van der Waals surface area (Å²) in [7, 11) is 0. The highest BCUT2D eigenvalue weighted by molar-refractivity contribution is 6.39. The molecular formula is C21H26N4O3. The molecule has 2 unspecified atom stereocenters. The smallest absolute Gasteiger partial charge is 0.313 e. The van der Waals surface area contributed by atoms with Gasteiger partial charge < -0.3 is 15.4 Å². The summed E-state index contributed by atoms with van der Waals surface area (Å²) in [6.45, 7) is 6.75. The highest BCUT2D eigenvalue weighted by Crippen LogP contribution is 2.21. The van der Waals surface area contributed by atoms with Crippen LogP contribution < -0.4 is 10.6 Å². The minimum Gasteiger partial charge on any atom is -0.379 e. The molecule has 0 spiro atoms. The van der Waals surface area contributed by atoms with Crippen LogP contribution in [-0.4, -0.2) is 60.1 Å². The van der Waals surface area contributed by atoms with E-state index in [1.54, 1.807) is 18.5 Å². The zero-order valence-corrected chi connectivity index (χ0v) is 16.2. The van der Waals surface area contributed by atoms with E-state index in [1.165, 1.54) is 0 Å². The lowest BCUT2D eigenvalue weighted by atomic mass is 10.1. The Balaban J connectivity index is 1.54. The maximum atomic E-state index is 12.2. The molecule has 1 aliphatic rings. The number of benzene rings is 1. The largest absolute Gasteiger partial charge is 0.379 e. The Morgan fingerprint density at radius 3 is 2.75 bits per heavy atom. The van der Waals surface area contributed by atoms with Gasteiger partial charge in [0.1, 0.15) is 0 Å². The number of hydrogen-bond donors (Lipinski definition) is 2. The van der Waals surface area contributed by atoms with Crippen molar-refractivity contribution in [1.82, 2.24) is 15.2 Å². The molecule has 2 amide bonds. The first-order chi connectivity index (χ1) is 13.5. The molecule has 2 aromatic rings. The van der Waals surface area contributed by atoms with Gasteiger partial charge in [-0.2, -0.15) is 0 Å². The van der Waals surface area contributed by atoms with Gasteiger partial charge in [-0.3, -0.25) is 19.5 Å². The zero-order valence-electron chi connectivity index (χ0n) is 16.2. The molecule has 2 atom stereocenters. The molecule has 1 aromatic heterocycles. The third-order valence-electron chi connectivity index (χ3n) is 4.88. The summed E-state index contributed by atoms with van der Waals surface area (Å²) in [6, 6.07) is 11.6. The second-order valence-electron chi connectivity index (χ2n) is 6.99. The molecule has 7 heteroatoms. The van der Waals surface area contributed by atoms with Crippen LogP contribution in [0.15, 0.2) is 48.8 Å². The van der Waals surface area contributed by atoms with Gasteiger partial charge in [0, 0.05) is 43.3 Å². The van der Waals surface area contributed by atoms with Gasteiger partial charge in [0.2, 0.25) is 0 Å². The number of carbonyl (C=O) groups excluding carboxylic acids is 2. The van der Waals surface area contributed by atoms with Crippen LogP contribution in [0.5, 0.6) is 0 Å². The molecule has 2 heterocycles. The highest BCUT2D eigenvalue weighted by atomic mass is 16.5. The van der Waals surface area contributed by atoms with Crippen molar-refractivity contribution in [2.45, 2.75) is 25.9 Å². The third kappa shape index (κ3) is 5.15. The number of morpholine rings is 1. The highest BCUT2D eigenvalue weighted by Gasteiger charge is 2.24. The zero-order chi connectivity index (χ0) is 19.9. The van der Waals surface area contributed by atoms with Crippen LogP contribution >= 0.6 is 0 Å². The Labute approximate surface area is 165 Å². The minimum atomic E-state index is -0.672. The lowest BCUT2D eigenvalue weighted by molar-refractivity contribution is -0.136. The fraction of sp³-hybridized carbons (Fsp3) is 0.381. The molecule has 1 aromatic carbocycles. The van der Waals surface area contributed by atoms with E-state index < -0.39 is 11.8 Å². The lowest BCUT2D eigenvalue weighted by Crippen LogP contribution is -2.52.